The summed E-state index contributed by atoms with van der Waals surface area (Å²) in [6, 6.07) is 13.0. The fraction of sp³-hybridized carbons (Fsp3) is 0.406. The number of aliphatic hydroxyl groups is 1. The highest BCUT2D eigenvalue weighted by Gasteiger charge is 2.33. The Morgan fingerprint density at radius 2 is 1.76 bits per heavy atom. The van der Waals surface area contributed by atoms with Crippen LogP contribution in [-0.4, -0.2) is 31.0 Å². The van der Waals surface area contributed by atoms with E-state index < -0.39 is 11.7 Å². The molecule has 1 aliphatic heterocycles. The molecule has 6 heteroatoms. The van der Waals surface area contributed by atoms with Crippen molar-refractivity contribution < 1.29 is 18.3 Å². The van der Waals surface area contributed by atoms with E-state index in [0.717, 1.165) is 36.4 Å². The van der Waals surface area contributed by atoms with Crippen molar-refractivity contribution in [3.63, 3.8) is 0 Å². The van der Waals surface area contributed by atoms with Gasteiger partial charge in [-0.1, -0.05) is 75.4 Å². The van der Waals surface area contributed by atoms with Crippen molar-refractivity contribution in [1.82, 2.24) is 5.32 Å². The number of alkyl halides is 3. The number of nitrogens with zero attached hydrogens (tertiary/aromatic N) is 1. The third-order valence-corrected chi connectivity index (χ3v) is 5.83. The molecule has 2 N–H and O–H groups in total. The third-order valence-electron chi connectivity index (χ3n) is 5.83. The summed E-state index contributed by atoms with van der Waals surface area (Å²) in [7, 11) is 0. The number of nitrogens with one attached hydrogen (secondary N) is 1. The molecule has 1 unspecified atom stereocenters. The highest BCUT2D eigenvalue weighted by atomic mass is 19.4. The molecule has 0 amide bonds. The van der Waals surface area contributed by atoms with Gasteiger partial charge in [0.05, 0.1) is 12.2 Å². The number of aliphatic hydroxyl groups excluding tert-OH is 1. The van der Waals surface area contributed by atoms with Gasteiger partial charge in [0, 0.05) is 18.8 Å². The minimum absolute atomic E-state index is 0.306. The molecule has 4 rings (SSSR count). The van der Waals surface area contributed by atoms with Crippen molar-refractivity contribution in [2.24, 2.45) is 10.9 Å². The van der Waals surface area contributed by atoms with Crippen LogP contribution in [0.25, 0.3) is 11.1 Å². The number of allylic oxidation sites excluding steroid dienone is 5. The molecule has 1 fully saturated rings. The maximum Gasteiger partial charge on any atom is 0.416 e. The molecule has 1 aliphatic carbocycles. The van der Waals surface area contributed by atoms with Gasteiger partial charge in [0.15, 0.2) is 0 Å². The molecule has 0 aromatic heterocycles. The third kappa shape index (κ3) is 11.2. The van der Waals surface area contributed by atoms with Crippen molar-refractivity contribution in [2.45, 2.75) is 65.6 Å². The fourth-order valence-corrected chi connectivity index (χ4v) is 3.70. The Kier molecular flexibility index (Phi) is 12.7. The molecule has 2 aromatic rings. The average Bonchev–Trinajstić information content (AvgIpc) is 3.73. The predicted molar refractivity (Wildman–Crippen MR) is 154 cm³/mol. The number of hydrogen-bond donors (Lipinski definition) is 2. The largest absolute Gasteiger partial charge is 0.416 e. The van der Waals surface area contributed by atoms with E-state index in [1.54, 1.807) is 19.1 Å². The fourth-order valence-electron chi connectivity index (χ4n) is 3.70. The van der Waals surface area contributed by atoms with Gasteiger partial charge in [-0.05, 0) is 84.7 Å². The molecule has 0 bridgehead atoms. The lowest BCUT2D eigenvalue weighted by atomic mass is 9.94. The zero-order chi connectivity index (χ0) is 28.1. The first-order chi connectivity index (χ1) is 18.0. The summed E-state index contributed by atoms with van der Waals surface area (Å²) in [5, 5.41) is 11.1. The summed E-state index contributed by atoms with van der Waals surface area (Å²) in [5.74, 6) is 0.833. The molecular formula is C32H41F3N2O. The Labute approximate surface area is 225 Å². The number of hydrogen-bond acceptors (Lipinski definition) is 3. The van der Waals surface area contributed by atoms with Crippen LogP contribution in [0.2, 0.25) is 0 Å². The molecular weight excluding hydrogens is 485 g/mol. The summed E-state index contributed by atoms with van der Waals surface area (Å²) in [4.78, 5) is 3.64. The van der Waals surface area contributed by atoms with Gasteiger partial charge in [0.25, 0.3) is 0 Å². The number of aliphatic imine (C=N–C) groups is 1. The molecule has 0 spiro atoms. The Morgan fingerprint density at radius 3 is 2.24 bits per heavy atom. The van der Waals surface area contributed by atoms with Gasteiger partial charge in [-0.3, -0.25) is 4.99 Å². The molecule has 2 aliphatic rings. The summed E-state index contributed by atoms with van der Waals surface area (Å²) >= 11 is 0. The van der Waals surface area contributed by atoms with Crippen LogP contribution in [0.3, 0.4) is 0 Å². The Morgan fingerprint density at radius 1 is 1.11 bits per heavy atom. The number of halogens is 3. The van der Waals surface area contributed by atoms with Crippen molar-refractivity contribution in [1.29, 1.82) is 0 Å². The van der Waals surface area contributed by atoms with Gasteiger partial charge < -0.3 is 10.4 Å². The lowest BCUT2D eigenvalue weighted by Crippen LogP contribution is -2.10. The van der Waals surface area contributed by atoms with E-state index in [9.17, 15) is 13.2 Å². The van der Waals surface area contributed by atoms with Crippen LogP contribution in [0.4, 0.5) is 13.2 Å². The maximum atomic E-state index is 13.6. The first-order valence-electron chi connectivity index (χ1n) is 13.2. The van der Waals surface area contributed by atoms with E-state index in [-0.39, 0.29) is 0 Å². The Bertz CT molecular complexity index is 1110. The Balaban J connectivity index is 0.000000479. The summed E-state index contributed by atoms with van der Waals surface area (Å²) < 4.78 is 40.8. The Hall–Kier alpha value is -2.96. The minimum atomic E-state index is -4.39. The second-order valence-electron chi connectivity index (χ2n) is 10.2. The molecule has 2 aromatic carbocycles. The lowest BCUT2D eigenvalue weighted by molar-refractivity contribution is -0.138. The van der Waals surface area contributed by atoms with Crippen molar-refractivity contribution in [2.75, 3.05) is 13.2 Å². The monoisotopic (exact) mass is 526 g/mol. The quantitative estimate of drug-likeness (QED) is 0.285. The highest BCUT2D eigenvalue weighted by Crippen LogP contribution is 2.34. The van der Waals surface area contributed by atoms with E-state index in [1.807, 2.05) is 24.3 Å². The van der Waals surface area contributed by atoms with Crippen LogP contribution in [-0.2, 0) is 19.0 Å². The lowest BCUT2D eigenvalue weighted by Gasteiger charge is -2.15. The zero-order valence-corrected chi connectivity index (χ0v) is 23.0. The molecule has 206 valence electrons. The first-order valence-corrected chi connectivity index (χ1v) is 13.2. The molecule has 38 heavy (non-hydrogen) atoms. The van der Waals surface area contributed by atoms with Gasteiger partial charge in [-0.2, -0.15) is 13.2 Å². The smallest absolute Gasteiger partial charge is 0.395 e. The van der Waals surface area contributed by atoms with Gasteiger partial charge >= 0.3 is 6.18 Å². The topological polar surface area (TPSA) is 54.5 Å². The number of aryl methyl sites for hydroxylation is 2. The van der Waals surface area contributed by atoms with Gasteiger partial charge in [0.2, 0.25) is 0 Å². The molecule has 1 heterocycles. The second kappa shape index (κ2) is 15.5. The van der Waals surface area contributed by atoms with E-state index in [4.69, 9.17) is 5.11 Å². The first kappa shape index (κ1) is 31.3. The second-order valence-corrected chi connectivity index (χ2v) is 10.2. The minimum Gasteiger partial charge on any atom is -0.395 e. The number of rotatable bonds is 7. The summed E-state index contributed by atoms with van der Waals surface area (Å²) in [6.45, 7) is 12.9. The van der Waals surface area contributed by atoms with Gasteiger partial charge in [-0.15, -0.1) is 0 Å². The van der Waals surface area contributed by atoms with Crippen molar-refractivity contribution in [3.05, 3.63) is 94.7 Å². The average molecular weight is 527 g/mol. The van der Waals surface area contributed by atoms with E-state index in [0.29, 0.717) is 42.2 Å². The zero-order valence-electron chi connectivity index (χ0n) is 23.0. The SMILES string of the molecule is C=N/C=C(\C)c1ccc(CCc2ccc(C3=CCCC=C3)cc2)c(C(F)(F)F)c1.CC(C)C.OCC1CN1. The standard InChI is InChI=1S/C25H24F3N.C4H10.C3H7NO/c1-18(17-29-2)23-15-14-22(24(16-23)25(26,27)28)13-10-19-8-11-21(12-9-19)20-6-4-3-5-7-20;1-4(2)3;5-2-3-1-4-3/h4,6-9,11-12,14-17H,2-3,5,10,13H2,1H3;4H,1-3H3;3-5H,1-2H2/b18-17+;;. The van der Waals surface area contributed by atoms with Crippen LogP contribution in [0.15, 0.2) is 71.9 Å². The van der Waals surface area contributed by atoms with Crippen LogP contribution >= 0.6 is 0 Å². The molecule has 3 nitrogen and oxygen atoms in total. The van der Waals surface area contributed by atoms with Crippen LogP contribution in [0, 0.1) is 5.92 Å². The van der Waals surface area contributed by atoms with Gasteiger partial charge in [0.1, 0.15) is 0 Å². The van der Waals surface area contributed by atoms with Crippen molar-refractivity contribution >= 4 is 17.9 Å². The summed E-state index contributed by atoms with van der Waals surface area (Å²) in [6.07, 6.45) is 6.57. The van der Waals surface area contributed by atoms with Gasteiger partial charge in [-0.25, -0.2) is 0 Å². The van der Waals surface area contributed by atoms with E-state index in [2.05, 4.69) is 56.0 Å². The molecule has 0 saturated carbocycles. The molecule has 1 atom stereocenters. The predicted octanol–water partition coefficient (Wildman–Crippen LogP) is 7.90. The van der Waals surface area contributed by atoms with Crippen LogP contribution in [0.1, 0.15) is 68.4 Å². The van der Waals surface area contributed by atoms with E-state index >= 15 is 0 Å². The van der Waals surface area contributed by atoms with E-state index in [1.165, 1.54) is 17.8 Å². The summed E-state index contributed by atoms with van der Waals surface area (Å²) in [5.41, 5.74) is 4.26. The van der Waals surface area contributed by atoms with Crippen LogP contribution in [0.5, 0.6) is 0 Å². The van der Waals surface area contributed by atoms with Crippen LogP contribution < -0.4 is 5.32 Å². The molecule has 0 radical (unpaired) electrons. The normalized spacial score (nSPS) is 16.6. The maximum absolute atomic E-state index is 13.6. The highest BCUT2D eigenvalue weighted by molar-refractivity contribution is 5.74. The number of benzene rings is 2. The molecule has 1 saturated heterocycles. The van der Waals surface area contributed by atoms with Crippen molar-refractivity contribution in [3.8, 4) is 0 Å².